The summed E-state index contributed by atoms with van der Waals surface area (Å²) in [6.45, 7) is 4.78. The molecule has 0 bridgehead atoms. The van der Waals surface area contributed by atoms with Crippen molar-refractivity contribution in [3.05, 3.63) is 29.8 Å². The zero-order valence-electron chi connectivity index (χ0n) is 17.8. The summed E-state index contributed by atoms with van der Waals surface area (Å²) in [6, 6.07) is 6.53. The topological polar surface area (TPSA) is 114 Å². The molecule has 0 unspecified atom stereocenters. The average molecular weight is 419 g/mol. The Balaban J connectivity index is 1.83. The van der Waals surface area contributed by atoms with Crippen molar-refractivity contribution >= 4 is 23.8 Å². The number of imide groups is 1. The molecule has 0 aromatic heterocycles. The molecule has 30 heavy (non-hydrogen) atoms. The van der Waals surface area contributed by atoms with Crippen LogP contribution in [-0.2, 0) is 25.7 Å². The molecule has 2 atom stereocenters. The third-order valence-electron chi connectivity index (χ3n) is 4.97. The van der Waals surface area contributed by atoms with Crippen molar-refractivity contribution in [2.24, 2.45) is 0 Å². The Labute approximate surface area is 176 Å². The highest BCUT2D eigenvalue weighted by molar-refractivity contribution is 6.08. The molecule has 1 fully saturated rings. The molecule has 0 radical (unpaired) electrons. The van der Waals surface area contributed by atoms with Crippen LogP contribution < -0.4 is 15.4 Å². The second-order valence-corrected chi connectivity index (χ2v) is 7.46. The number of benzene rings is 1. The van der Waals surface area contributed by atoms with Crippen LogP contribution >= 0.6 is 0 Å². The number of hydrogen-bond donors (Lipinski definition) is 2. The van der Waals surface area contributed by atoms with Crippen LogP contribution in [0.5, 0.6) is 5.75 Å². The van der Waals surface area contributed by atoms with Gasteiger partial charge in [0.1, 0.15) is 17.8 Å². The molecule has 0 aliphatic carbocycles. The quantitative estimate of drug-likeness (QED) is 0.441. The van der Waals surface area contributed by atoms with Crippen molar-refractivity contribution in [2.75, 3.05) is 13.7 Å². The van der Waals surface area contributed by atoms with E-state index in [-0.39, 0.29) is 6.54 Å². The minimum absolute atomic E-state index is 0.257. The summed E-state index contributed by atoms with van der Waals surface area (Å²) in [5.41, 5.74) is -0.164. The van der Waals surface area contributed by atoms with Gasteiger partial charge in [-0.05, 0) is 38.0 Å². The van der Waals surface area contributed by atoms with Crippen molar-refractivity contribution in [3.63, 3.8) is 0 Å². The summed E-state index contributed by atoms with van der Waals surface area (Å²) in [6.07, 6.45) is 1.07. The van der Waals surface area contributed by atoms with E-state index >= 15 is 0 Å². The molecular formula is C21H29N3O6. The van der Waals surface area contributed by atoms with Crippen LogP contribution in [0.2, 0.25) is 0 Å². The monoisotopic (exact) mass is 419 g/mol. The van der Waals surface area contributed by atoms with E-state index in [0.717, 1.165) is 23.3 Å². The summed E-state index contributed by atoms with van der Waals surface area (Å²) in [5, 5.41) is 5.31. The molecule has 4 amide bonds. The highest BCUT2D eigenvalue weighted by Crippen LogP contribution is 2.23. The zero-order chi connectivity index (χ0) is 22.3. The van der Waals surface area contributed by atoms with Gasteiger partial charge in [-0.2, -0.15) is 0 Å². The smallest absolute Gasteiger partial charge is 0.327 e. The number of rotatable bonds is 10. The van der Waals surface area contributed by atoms with Crippen LogP contribution in [0.1, 0.15) is 45.6 Å². The van der Waals surface area contributed by atoms with E-state index in [0.29, 0.717) is 12.2 Å². The Morgan fingerprint density at radius 1 is 1.23 bits per heavy atom. The number of carbonyl (C=O) groups is 4. The van der Waals surface area contributed by atoms with Gasteiger partial charge in [0, 0.05) is 6.54 Å². The minimum Gasteiger partial charge on any atom is -0.497 e. The van der Waals surface area contributed by atoms with Crippen molar-refractivity contribution in [3.8, 4) is 5.75 Å². The number of unbranched alkanes of at least 4 members (excludes halogenated alkanes) is 1. The third kappa shape index (κ3) is 5.71. The van der Waals surface area contributed by atoms with E-state index in [1.165, 1.54) is 6.92 Å². The molecule has 9 heteroatoms. The summed E-state index contributed by atoms with van der Waals surface area (Å²) in [7, 11) is 1.57. The lowest BCUT2D eigenvalue weighted by molar-refractivity contribution is -0.156. The number of nitrogens with one attached hydrogen (secondary N) is 2. The van der Waals surface area contributed by atoms with Crippen LogP contribution in [0.3, 0.4) is 0 Å². The molecule has 9 nitrogen and oxygen atoms in total. The first-order valence-electron chi connectivity index (χ1n) is 9.94. The molecule has 1 aliphatic heterocycles. The maximum absolute atomic E-state index is 12.6. The van der Waals surface area contributed by atoms with E-state index in [1.54, 1.807) is 26.2 Å². The van der Waals surface area contributed by atoms with Gasteiger partial charge in [0.15, 0.2) is 6.10 Å². The van der Waals surface area contributed by atoms with Gasteiger partial charge in [0.25, 0.3) is 11.8 Å². The highest BCUT2D eigenvalue weighted by atomic mass is 16.5. The van der Waals surface area contributed by atoms with Gasteiger partial charge in [0.05, 0.1) is 7.11 Å². The van der Waals surface area contributed by atoms with Crippen LogP contribution in [0.15, 0.2) is 24.3 Å². The van der Waals surface area contributed by atoms with Crippen LogP contribution in [0.25, 0.3) is 0 Å². The molecule has 2 rings (SSSR count). The Hall–Kier alpha value is -3.10. The van der Waals surface area contributed by atoms with Gasteiger partial charge in [-0.15, -0.1) is 0 Å². The Bertz CT molecular complexity index is 794. The molecule has 1 heterocycles. The number of carbonyl (C=O) groups excluding carboxylic acids is 4. The SMILES string of the molecule is CCCC[C@@]1(C)NC(=O)N(CC(=O)O[C@@H](C)C(=O)NCc2ccc(OC)cc2)C1=O. The standard InChI is InChI=1S/C21H29N3O6/c1-5-6-11-21(3)19(27)24(20(28)23-21)13-17(25)30-14(2)18(26)22-12-15-7-9-16(29-4)10-8-15/h7-10,14H,5-6,11-13H2,1-4H3,(H,22,26)(H,23,28)/t14-,21+/m0/s1. The van der Waals surface area contributed by atoms with Gasteiger partial charge in [-0.25, -0.2) is 4.79 Å². The highest BCUT2D eigenvalue weighted by Gasteiger charge is 2.48. The van der Waals surface area contributed by atoms with Gasteiger partial charge < -0.3 is 20.1 Å². The molecule has 2 N–H and O–H groups in total. The number of hydrogen-bond acceptors (Lipinski definition) is 6. The summed E-state index contributed by atoms with van der Waals surface area (Å²) in [4.78, 5) is 49.9. The molecule has 1 aromatic rings. The fourth-order valence-corrected chi connectivity index (χ4v) is 3.08. The normalized spacial score (nSPS) is 19.3. The van der Waals surface area contributed by atoms with Crippen LogP contribution in [-0.4, -0.2) is 54.0 Å². The van der Waals surface area contributed by atoms with Gasteiger partial charge >= 0.3 is 12.0 Å². The number of ether oxygens (including phenoxy) is 2. The van der Waals surface area contributed by atoms with Crippen molar-refractivity contribution in [1.82, 2.24) is 15.5 Å². The second-order valence-electron chi connectivity index (χ2n) is 7.46. The Morgan fingerprint density at radius 2 is 1.90 bits per heavy atom. The molecular weight excluding hydrogens is 390 g/mol. The fraction of sp³-hybridized carbons (Fsp3) is 0.524. The lowest BCUT2D eigenvalue weighted by Crippen LogP contribution is -2.44. The molecule has 1 aliphatic rings. The zero-order valence-corrected chi connectivity index (χ0v) is 17.8. The largest absolute Gasteiger partial charge is 0.497 e. The first-order valence-corrected chi connectivity index (χ1v) is 9.94. The van der Waals surface area contributed by atoms with Gasteiger partial charge in [-0.1, -0.05) is 31.9 Å². The summed E-state index contributed by atoms with van der Waals surface area (Å²) < 4.78 is 10.2. The van der Waals surface area contributed by atoms with E-state index in [1.807, 2.05) is 19.1 Å². The molecule has 164 valence electrons. The number of esters is 1. The maximum Gasteiger partial charge on any atom is 0.327 e. The average Bonchev–Trinajstić information content (AvgIpc) is 2.94. The maximum atomic E-state index is 12.6. The van der Waals surface area contributed by atoms with E-state index < -0.39 is 42.0 Å². The van der Waals surface area contributed by atoms with E-state index in [2.05, 4.69) is 10.6 Å². The third-order valence-corrected chi connectivity index (χ3v) is 4.97. The Morgan fingerprint density at radius 3 is 2.50 bits per heavy atom. The predicted octanol–water partition coefficient (Wildman–Crippen LogP) is 1.74. The summed E-state index contributed by atoms with van der Waals surface area (Å²) >= 11 is 0. The fourth-order valence-electron chi connectivity index (χ4n) is 3.08. The lowest BCUT2D eigenvalue weighted by atomic mass is 9.95. The molecule has 1 saturated heterocycles. The minimum atomic E-state index is -1.07. The molecule has 1 aromatic carbocycles. The van der Waals surface area contributed by atoms with Crippen LogP contribution in [0.4, 0.5) is 4.79 Å². The van der Waals surface area contributed by atoms with Gasteiger partial charge in [-0.3, -0.25) is 19.3 Å². The lowest BCUT2D eigenvalue weighted by Gasteiger charge is -2.21. The first-order chi connectivity index (χ1) is 14.2. The number of amides is 4. The summed E-state index contributed by atoms with van der Waals surface area (Å²) in [5.74, 6) is -1.07. The van der Waals surface area contributed by atoms with Gasteiger partial charge in [0.2, 0.25) is 0 Å². The second kappa shape index (κ2) is 10.1. The Kier molecular flexibility index (Phi) is 7.79. The molecule has 0 spiro atoms. The van der Waals surface area contributed by atoms with Crippen molar-refractivity contribution in [1.29, 1.82) is 0 Å². The number of nitrogens with zero attached hydrogens (tertiary/aromatic N) is 1. The number of urea groups is 1. The van der Waals surface area contributed by atoms with E-state index in [4.69, 9.17) is 9.47 Å². The predicted molar refractivity (Wildman–Crippen MR) is 109 cm³/mol. The van der Waals surface area contributed by atoms with Crippen molar-refractivity contribution < 1.29 is 28.7 Å². The first kappa shape index (κ1) is 23.2. The van der Waals surface area contributed by atoms with Crippen molar-refractivity contribution in [2.45, 2.75) is 58.2 Å². The van der Waals surface area contributed by atoms with E-state index in [9.17, 15) is 19.2 Å². The number of methoxy groups -OCH3 is 1. The van der Waals surface area contributed by atoms with Crippen LogP contribution in [0, 0.1) is 0 Å². The molecule has 0 saturated carbocycles.